The molecule has 8 heteroatoms. The number of carbonyl (C=O) groups excluding carboxylic acids is 3. The van der Waals surface area contributed by atoms with E-state index in [4.69, 9.17) is 14.6 Å². The molecule has 3 fully saturated rings. The summed E-state index contributed by atoms with van der Waals surface area (Å²) in [6, 6.07) is -0.804. The molecule has 0 aromatic rings. The number of aliphatic hydroxyl groups is 1. The third-order valence-electron chi connectivity index (χ3n) is 7.13. The average Bonchev–Trinajstić information content (AvgIpc) is 3.39. The Morgan fingerprint density at radius 1 is 1.34 bits per heavy atom. The van der Waals surface area contributed by atoms with Crippen LogP contribution in [0.3, 0.4) is 0 Å². The fraction of sp³-hybridized carbons (Fsp3) is 0.792. The molecular formula is C24H38N2O6. The minimum atomic E-state index is -0.977. The van der Waals surface area contributed by atoms with Crippen molar-refractivity contribution in [1.82, 2.24) is 9.80 Å². The van der Waals surface area contributed by atoms with Gasteiger partial charge in [-0.25, -0.2) is 0 Å². The molecule has 1 N–H and O–H groups in total. The zero-order valence-corrected chi connectivity index (χ0v) is 19.6. The predicted molar refractivity (Wildman–Crippen MR) is 119 cm³/mol. The number of ether oxygens (including phenoxy) is 2. The number of aliphatic hydroxyl groups excluding tert-OH is 1. The van der Waals surface area contributed by atoms with E-state index in [1.807, 2.05) is 13.8 Å². The van der Waals surface area contributed by atoms with E-state index in [2.05, 4.69) is 6.58 Å². The van der Waals surface area contributed by atoms with E-state index >= 15 is 0 Å². The lowest BCUT2D eigenvalue weighted by atomic mass is 9.70. The van der Waals surface area contributed by atoms with Gasteiger partial charge in [0, 0.05) is 25.7 Å². The third-order valence-corrected chi connectivity index (χ3v) is 7.13. The molecule has 32 heavy (non-hydrogen) atoms. The molecule has 0 radical (unpaired) electrons. The summed E-state index contributed by atoms with van der Waals surface area (Å²) >= 11 is 0. The summed E-state index contributed by atoms with van der Waals surface area (Å²) in [6.45, 7) is 10.6. The Morgan fingerprint density at radius 2 is 2.06 bits per heavy atom. The van der Waals surface area contributed by atoms with E-state index in [1.54, 1.807) is 22.8 Å². The molecule has 0 unspecified atom stereocenters. The first-order chi connectivity index (χ1) is 15.3. The SMILES string of the molecule is C=CCN(C(=O)[C@@H]1N(CCCCCCO)C(=O)[C@H]2[C@H](C(=O)OCC)[C@@H]3CC[C@]12O3)C(C)C. The third kappa shape index (κ3) is 4.19. The van der Waals surface area contributed by atoms with Gasteiger partial charge in [-0.05, 0) is 46.5 Å². The number of esters is 1. The Hall–Kier alpha value is -1.93. The van der Waals surface area contributed by atoms with Crippen LogP contribution in [0.25, 0.3) is 0 Å². The second-order valence-electron chi connectivity index (χ2n) is 9.35. The topological polar surface area (TPSA) is 96.4 Å². The average molecular weight is 451 g/mol. The number of fused-ring (bicyclic) bond motifs is 1. The lowest BCUT2D eigenvalue weighted by molar-refractivity contribution is -0.155. The molecule has 3 aliphatic heterocycles. The summed E-state index contributed by atoms with van der Waals surface area (Å²) in [6.07, 6.45) is 5.72. The largest absolute Gasteiger partial charge is 0.466 e. The minimum absolute atomic E-state index is 0.0584. The summed E-state index contributed by atoms with van der Waals surface area (Å²) in [5.74, 6) is -2.05. The maximum Gasteiger partial charge on any atom is 0.312 e. The number of hydrogen-bond acceptors (Lipinski definition) is 6. The summed E-state index contributed by atoms with van der Waals surface area (Å²) in [4.78, 5) is 43.7. The standard InChI is InChI=1S/C24H38N2O6/c1-5-13-25(16(3)4)22(29)20-24-12-11-17(32-24)18(23(30)31-6-2)19(24)21(28)26(20)14-9-7-8-10-15-27/h5,16-20,27H,1,6-15H2,2-4H3/t17-,18+,19+,20-,24+/m0/s1. The van der Waals surface area contributed by atoms with Crippen LogP contribution >= 0.6 is 0 Å². The zero-order chi connectivity index (χ0) is 23.5. The van der Waals surface area contributed by atoms with Crippen LogP contribution < -0.4 is 0 Å². The van der Waals surface area contributed by atoms with E-state index < -0.39 is 29.4 Å². The van der Waals surface area contributed by atoms with Gasteiger partial charge in [-0.15, -0.1) is 6.58 Å². The van der Waals surface area contributed by atoms with Gasteiger partial charge in [0.25, 0.3) is 0 Å². The first-order valence-electron chi connectivity index (χ1n) is 12.0. The van der Waals surface area contributed by atoms with Gasteiger partial charge in [0.05, 0.1) is 24.5 Å². The van der Waals surface area contributed by atoms with Gasteiger partial charge in [0.1, 0.15) is 11.6 Å². The number of unbranched alkanes of at least 4 members (excludes halogenated alkanes) is 3. The van der Waals surface area contributed by atoms with Gasteiger partial charge in [0.15, 0.2) is 0 Å². The van der Waals surface area contributed by atoms with E-state index in [1.165, 1.54) is 0 Å². The quantitative estimate of drug-likeness (QED) is 0.277. The molecule has 5 atom stereocenters. The summed E-state index contributed by atoms with van der Waals surface area (Å²) in [5, 5.41) is 9.02. The van der Waals surface area contributed by atoms with Crippen LogP contribution in [0.1, 0.15) is 59.3 Å². The van der Waals surface area contributed by atoms with E-state index in [0.29, 0.717) is 25.9 Å². The molecule has 0 aromatic carbocycles. The van der Waals surface area contributed by atoms with Crippen molar-refractivity contribution in [2.24, 2.45) is 11.8 Å². The van der Waals surface area contributed by atoms with E-state index in [9.17, 15) is 14.4 Å². The van der Waals surface area contributed by atoms with Crippen LogP contribution in [0.4, 0.5) is 0 Å². The van der Waals surface area contributed by atoms with Gasteiger partial charge in [-0.1, -0.05) is 18.9 Å². The number of rotatable bonds is 12. The van der Waals surface area contributed by atoms with Gasteiger partial charge >= 0.3 is 5.97 Å². The fourth-order valence-electron chi connectivity index (χ4n) is 5.78. The molecule has 0 aliphatic carbocycles. The molecule has 3 rings (SSSR count). The maximum atomic E-state index is 13.9. The Balaban J connectivity index is 1.93. The molecule has 1 spiro atoms. The van der Waals surface area contributed by atoms with Crippen molar-refractivity contribution in [3.63, 3.8) is 0 Å². The van der Waals surface area contributed by atoms with Crippen LogP contribution in [0.15, 0.2) is 12.7 Å². The number of hydrogen-bond donors (Lipinski definition) is 1. The minimum Gasteiger partial charge on any atom is -0.466 e. The van der Waals surface area contributed by atoms with Crippen LogP contribution in [-0.2, 0) is 23.9 Å². The van der Waals surface area contributed by atoms with Gasteiger partial charge < -0.3 is 24.4 Å². The van der Waals surface area contributed by atoms with Crippen molar-refractivity contribution < 1.29 is 29.0 Å². The highest BCUT2D eigenvalue weighted by Crippen LogP contribution is 2.58. The second-order valence-corrected chi connectivity index (χ2v) is 9.35. The van der Waals surface area contributed by atoms with E-state index in [-0.39, 0.29) is 37.2 Å². The first kappa shape index (κ1) is 24.7. The Morgan fingerprint density at radius 3 is 2.69 bits per heavy atom. The molecule has 0 saturated carbocycles. The predicted octanol–water partition coefficient (Wildman–Crippen LogP) is 1.90. The monoisotopic (exact) mass is 450 g/mol. The van der Waals surface area contributed by atoms with Gasteiger partial charge in [-0.3, -0.25) is 14.4 Å². The molecule has 0 aromatic heterocycles. The van der Waals surface area contributed by atoms with Crippen molar-refractivity contribution >= 4 is 17.8 Å². The molecule has 3 aliphatic rings. The number of likely N-dealkylation sites (tertiary alicyclic amines) is 1. The first-order valence-corrected chi connectivity index (χ1v) is 12.0. The van der Waals surface area contributed by atoms with Crippen molar-refractivity contribution in [2.45, 2.75) is 83.1 Å². The maximum absolute atomic E-state index is 13.9. The van der Waals surface area contributed by atoms with Crippen molar-refractivity contribution in [3.05, 3.63) is 12.7 Å². The van der Waals surface area contributed by atoms with Crippen LogP contribution in [0.5, 0.6) is 0 Å². The Bertz CT molecular complexity index is 725. The van der Waals surface area contributed by atoms with Crippen LogP contribution in [0, 0.1) is 11.8 Å². The number of nitrogens with zero attached hydrogens (tertiary/aromatic N) is 2. The van der Waals surface area contributed by atoms with Gasteiger partial charge in [-0.2, -0.15) is 0 Å². The zero-order valence-electron chi connectivity index (χ0n) is 19.6. The van der Waals surface area contributed by atoms with E-state index in [0.717, 1.165) is 25.7 Å². The van der Waals surface area contributed by atoms with Crippen molar-refractivity contribution in [2.75, 3.05) is 26.3 Å². The highest BCUT2D eigenvalue weighted by atomic mass is 16.6. The summed E-state index contributed by atoms with van der Waals surface area (Å²) < 4.78 is 11.7. The summed E-state index contributed by atoms with van der Waals surface area (Å²) in [5.41, 5.74) is -0.977. The lowest BCUT2D eigenvalue weighted by Crippen LogP contribution is -2.57. The van der Waals surface area contributed by atoms with Crippen molar-refractivity contribution in [3.8, 4) is 0 Å². The van der Waals surface area contributed by atoms with Crippen LogP contribution in [-0.4, -0.2) is 82.8 Å². The molecule has 2 amide bonds. The Kier molecular flexibility index (Phi) is 7.98. The lowest BCUT2D eigenvalue weighted by Gasteiger charge is -2.38. The molecule has 2 bridgehead atoms. The molecular weight excluding hydrogens is 412 g/mol. The normalized spacial score (nSPS) is 30.7. The van der Waals surface area contributed by atoms with Gasteiger partial charge in [0.2, 0.25) is 11.8 Å². The smallest absolute Gasteiger partial charge is 0.312 e. The highest BCUT2D eigenvalue weighted by molar-refractivity contribution is 5.98. The fourth-order valence-corrected chi connectivity index (χ4v) is 5.78. The molecule has 8 nitrogen and oxygen atoms in total. The van der Waals surface area contributed by atoms with Crippen LogP contribution in [0.2, 0.25) is 0 Å². The summed E-state index contributed by atoms with van der Waals surface area (Å²) in [7, 11) is 0. The molecule has 3 saturated heterocycles. The highest BCUT2D eigenvalue weighted by Gasteiger charge is 2.75. The molecule has 3 heterocycles. The second kappa shape index (κ2) is 10.3. The Labute approximate surface area is 190 Å². The molecule has 180 valence electrons. The number of carbonyl (C=O) groups is 3. The van der Waals surface area contributed by atoms with Crippen molar-refractivity contribution in [1.29, 1.82) is 0 Å². The number of amides is 2.